The lowest BCUT2D eigenvalue weighted by Crippen LogP contribution is -2.16. The Morgan fingerprint density at radius 3 is 3.05 bits per heavy atom. The molecule has 0 saturated carbocycles. The molecule has 0 saturated heterocycles. The number of hydrogen-bond acceptors (Lipinski definition) is 4. The van der Waals surface area contributed by atoms with Gasteiger partial charge >= 0.3 is 0 Å². The molecular weight excluding hydrogens is 344 g/mol. The first-order valence-electron chi connectivity index (χ1n) is 5.85. The normalized spacial score (nSPS) is 11.1. The molecule has 0 radical (unpaired) electrons. The lowest BCUT2D eigenvalue weighted by molar-refractivity contribution is 0.0955. The average molecular weight is 357 g/mol. The van der Waals surface area contributed by atoms with E-state index in [0.29, 0.717) is 5.56 Å². The molecule has 2 heterocycles. The fourth-order valence-corrected chi connectivity index (χ4v) is 3.76. The van der Waals surface area contributed by atoms with Gasteiger partial charge in [0.15, 0.2) is 0 Å². The van der Waals surface area contributed by atoms with Gasteiger partial charge in [0, 0.05) is 15.1 Å². The van der Waals surface area contributed by atoms with E-state index in [9.17, 15) is 4.79 Å². The van der Waals surface area contributed by atoms with E-state index in [1.165, 1.54) is 4.88 Å². The van der Waals surface area contributed by atoms with Gasteiger partial charge in [0.25, 0.3) is 5.91 Å². The summed E-state index contributed by atoms with van der Waals surface area (Å²) in [6.07, 6.45) is 3.75. The van der Waals surface area contributed by atoms with Gasteiger partial charge in [-0.25, -0.2) is 5.43 Å². The molecule has 19 heavy (non-hydrogen) atoms. The van der Waals surface area contributed by atoms with Crippen molar-refractivity contribution in [2.24, 2.45) is 5.10 Å². The molecule has 0 aliphatic rings. The summed E-state index contributed by atoms with van der Waals surface area (Å²) in [5, 5.41) is 5.83. The summed E-state index contributed by atoms with van der Waals surface area (Å²) in [6, 6.07) is 5.82. The summed E-state index contributed by atoms with van der Waals surface area (Å²) in [4.78, 5) is 14.1. The third kappa shape index (κ3) is 4.26. The highest BCUT2D eigenvalue weighted by molar-refractivity contribution is 9.11. The minimum absolute atomic E-state index is 0.162. The lowest BCUT2D eigenvalue weighted by atomic mass is 10.2. The zero-order chi connectivity index (χ0) is 13.7. The number of halogens is 1. The highest BCUT2D eigenvalue weighted by Gasteiger charge is 2.07. The summed E-state index contributed by atoms with van der Waals surface area (Å²) in [5.74, 6) is -0.162. The second-order valence-corrected chi connectivity index (χ2v) is 7.38. The van der Waals surface area contributed by atoms with Gasteiger partial charge in [0.2, 0.25) is 0 Å². The molecule has 0 spiro atoms. The summed E-state index contributed by atoms with van der Waals surface area (Å²) in [6.45, 7) is 2.13. The molecule has 0 aliphatic carbocycles. The van der Waals surface area contributed by atoms with Crippen LogP contribution in [0.5, 0.6) is 0 Å². The van der Waals surface area contributed by atoms with Crippen molar-refractivity contribution in [3.8, 4) is 0 Å². The topological polar surface area (TPSA) is 41.5 Å². The third-order valence-electron chi connectivity index (χ3n) is 2.36. The SMILES string of the molecule is CCCc1cc(C(=O)NN=Cc2ccc(Br)s2)cs1. The molecule has 2 aromatic heterocycles. The molecule has 1 N–H and O–H groups in total. The standard InChI is InChI=1S/C13H13BrN2OS2/c1-2-3-10-6-9(8-18-10)13(17)16-15-7-11-4-5-12(14)19-11/h4-8H,2-3H2,1H3,(H,16,17). The van der Waals surface area contributed by atoms with Crippen molar-refractivity contribution in [1.82, 2.24) is 5.43 Å². The Bertz CT molecular complexity index is 589. The van der Waals surface area contributed by atoms with Crippen molar-refractivity contribution in [2.45, 2.75) is 19.8 Å². The van der Waals surface area contributed by atoms with E-state index in [1.54, 1.807) is 28.9 Å². The van der Waals surface area contributed by atoms with Gasteiger partial charge < -0.3 is 0 Å². The Balaban J connectivity index is 1.91. The van der Waals surface area contributed by atoms with Crippen LogP contribution in [-0.4, -0.2) is 12.1 Å². The number of carbonyl (C=O) groups excluding carboxylic acids is 1. The summed E-state index contributed by atoms with van der Waals surface area (Å²) >= 11 is 6.56. The van der Waals surface area contributed by atoms with E-state index in [-0.39, 0.29) is 5.91 Å². The zero-order valence-corrected chi connectivity index (χ0v) is 13.6. The first-order chi connectivity index (χ1) is 9.19. The highest BCUT2D eigenvalue weighted by atomic mass is 79.9. The van der Waals surface area contributed by atoms with Crippen LogP contribution in [0.15, 0.2) is 32.5 Å². The predicted octanol–water partition coefficient (Wildman–Crippen LogP) is 4.29. The van der Waals surface area contributed by atoms with Crippen molar-refractivity contribution in [2.75, 3.05) is 0 Å². The van der Waals surface area contributed by atoms with E-state index >= 15 is 0 Å². The van der Waals surface area contributed by atoms with Crippen molar-refractivity contribution in [3.63, 3.8) is 0 Å². The van der Waals surface area contributed by atoms with Gasteiger partial charge in [-0.1, -0.05) is 13.3 Å². The van der Waals surface area contributed by atoms with Crippen LogP contribution in [0.3, 0.4) is 0 Å². The molecule has 2 rings (SSSR count). The van der Waals surface area contributed by atoms with E-state index in [0.717, 1.165) is 21.5 Å². The number of nitrogens with one attached hydrogen (secondary N) is 1. The Morgan fingerprint density at radius 1 is 1.53 bits per heavy atom. The van der Waals surface area contributed by atoms with E-state index in [2.05, 4.69) is 33.4 Å². The molecule has 0 bridgehead atoms. The monoisotopic (exact) mass is 356 g/mol. The fourth-order valence-electron chi connectivity index (χ4n) is 1.49. The molecule has 100 valence electrons. The van der Waals surface area contributed by atoms with Gasteiger partial charge in [-0.2, -0.15) is 5.10 Å². The highest BCUT2D eigenvalue weighted by Crippen LogP contribution is 2.20. The Morgan fingerprint density at radius 2 is 2.37 bits per heavy atom. The molecule has 1 amide bonds. The molecule has 2 aromatic rings. The second kappa shape index (κ2) is 6.98. The Hall–Kier alpha value is -0.980. The quantitative estimate of drug-likeness (QED) is 0.630. The number of hydrazone groups is 1. The molecular formula is C13H13BrN2OS2. The van der Waals surface area contributed by atoms with Gasteiger partial charge in [-0.3, -0.25) is 4.79 Å². The van der Waals surface area contributed by atoms with Gasteiger partial charge in [0.05, 0.1) is 15.6 Å². The molecule has 6 heteroatoms. The zero-order valence-electron chi connectivity index (χ0n) is 10.4. The van der Waals surface area contributed by atoms with Gasteiger partial charge in [-0.05, 0) is 40.5 Å². The van der Waals surface area contributed by atoms with Crippen molar-refractivity contribution in [1.29, 1.82) is 0 Å². The molecule has 0 aliphatic heterocycles. The molecule has 0 unspecified atom stereocenters. The number of amides is 1. The fraction of sp³-hybridized carbons (Fsp3) is 0.231. The maximum atomic E-state index is 11.8. The van der Waals surface area contributed by atoms with Crippen LogP contribution in [0.2, 0.25) is 0 Å². The average Bonchev–Trinajstić information content (AvgIpc) is 2.99. The first-order valence-corrected chi connectivity index (χ1v) is 8.34. The largest absolute Gasteiger partial charge is 0.272 e. The maximum Gasteiger partial charge on any atom is 0.272 e. The van der Waals surface area contributed by atoms with Crippen LogP contribution < -0.4 is 5.43 Å². The molecule has 3 nitrogen and oxygen atoms in total. The maximum absolute atomic E-state index is 11.8. The summed E-state index contributed by atoms with van der Waals surface area (Å²) in [7, 11) is 0. The minimum Gasteiger partial charge on any atom is -0.267 e. The number of aryl methyl sites for hydroxylation is 1. The summed E-state index contributed by atoms with van der Waals surface area (Å²) < 4.78 is 1.04. The number of nitrogens with zero attached hydrogens (tertiary/aromatic N) is 1. The Labute approximate surface area is 128 Å². The predicted molar refractivity (Wildman–Crippen MR) is 85.4 cm³/mol. The number of rotatable bonds is 5. The first kappa shape index (κ1) is 14.4. The molecule has 0 fully saturated rings. The van der Waals surface area contributed by atoms with Gasteiger partial charge in [-0.15, -0.1) is 22.7 Å². The molecule has 0 atom stereocenters. The number of thiophene rings is 2. The molecule has 0 aromatic carbocycles. The van der Waals surface area contributed by atoms with Crippen LogP contribution in [0.25, 0.3) is 0 Å². The van der Waals surface area contributed by atoms with Crippen molar-refractivity contribution < 1.29 is 4.79 Å². The van der Waals surface area contributed by atoms with Crippen LogP contribution in [-0.2, 0) is 6.42 Å². The van der Waals surface area contributed by atoms with Crippen LogP contribution in [0.1, 0.15) is 33.5 Å². The van der Waals surface area contributed by atoms with E-state index in [4.69, 9.17) is 0 Å². The van der Waals surface area contributed by atoms with Crippen molar-refractivity contribution >= 4 is 50.7 Å². The number of hydrogen-bond donors (Lipinski definition) is 1. The van der Waals surface area contributed by atoms with Crippen molar-refractivity contribution in [3.05, 3.63) is 42.7 Å². The van der Waals surface area contributed by atoms with Crippen LogP contribution in [0, 0.1) is 0 Å². The lowest BCUT2D eigenvalue weighted by Gasteiger charge is -1.95. The van der Waals surface area contributed by atoms with Crippen LogP contribution in [0.4, 0.5) is 0 Å². The second-order valence-electron chi connectivity index (χ2n) is 3.89. The summed E-state index contributed by atoms with van der Waals surface area (Å²) in [5.41, 5.74) is 3.22. The third-order valence-corrected chi connectivity index (χ3v) is 4.92. The minimum atomic E-state index is -0.162. The smallest absolute Gasteiger partial charge is 0.267 e. The van der Waals surface area contributed by atoms with E-state index < -0.39 is 0 Å². The van der Waals surface area contributed by atoms with Crippen LogP contribution >= 0.6 is 38.6 Å². The van der Waals surface area contributed by atoms with Gasteiger partial charge in [0.1, 0.15) is 0 Å². The van der Waals surface area contributed by atoms with E-state index in [1.807, 2.05) is 23.6 Å². The number of carbonyl (C=O) groups is 1. The Kier molecular flexibility index (Phi) is 5.30.